The number of sulfonamides is 1. The highest BCUT2D eigenvalue weighted by molar-refractivity contribution is 9.10. The zero-order valence-electron chi connectivity index (χ0n) is 10.7. The zero-order chi connectivity index (χ0) is 13.8. The Hall–Kier alpha value is 0.0500. The maximum atomic E-state index is 12.0. The molecule has 0 saturated heterocycles. The first-order chi connectivity index (χ1) is 8.33. The van der Waals surface area contributed by atoms with Gasteiger partial charge < -0.3 is 5.32 Å². The second kappa shape index (κ2) is 7.00. The molecular formula is C11H19BrN2O2S2. The minimum absolute atomic E-state index is 0.286. The highest BCUT2D eigenvalue weighted by atomic mass is 79.9. The molecule has 1 aromatic heterocycles. The molecule has 7 heteroatoms. The summed E-state index contributed by atoms with van der Waals surface area (Å²) in [4.78, 5) is 0.989. The van der Waals surface area contributed by atoms with E-state index in [4.69, 9.17) is 0 Å². The summed E-state index contributed by atoms with van der Waals surface area (Å²) in [5, 5.41) is 4.61. The molecule has 0 radical (unpaired) electrons. The third-order valence-electron chi connectivity index (χ3n) is 2.47. The first-order valence-electron chi connectivity index (χ1n) is 5.76. The maximum absolute atomic E-state index is 12.0. The second-order valence-electron chi connectivity index (χ2n) is 4.43. The summed E-state index contributed by atoms with van der Waals surface area (Å²) >= 11 is 4.91. The van der Waals surface area contributed by atoms with Crippen molar-refractivity contribution in [2.75, 3.05) is 6.54 Å². The lowest BCUT2D eigenvalue weighted by Gasteiger charge is -2.16. The van der Waals surface area contributed by atoms with Crippen molar-refractivity contribution in [3.8, 4) is 0 Å². The molecule has 1 rings (SSSR count). The fourth-order valence-corrected chi connectivity index (χ4v) is 3.74. The summed E-state index contributed by atoms with van der Waals surface area (Å²) in [6, 6.07) is 2.20. The Bertz CT molecular complexity index is 471. The molecule has 0 aliphatic carbocycles. The highest BCUT2D eigenvalue weighted by Crippen LogP contribution is 2.22. The van der Waals surface area contributed by atoms with Crippen LogP contribution in [0.15, 0.2) is 15.9 Å². The van der Waals surface area contributed by atoms with Gasteiger partial charge in [0.1, 0.15) is 0 Å². The number of hydrogen-bond acceptors (Lipinski definition) is 4. The first kappa shape index (κ1) is 16.1. The summed E-state index contributed by atoms with van der Waals surface area (Å²) in [6.07, 6.45) is 0. The van der Waals surface area contributed by atoms with E-state index >= 15 is 0 Å². The molecule has 0 aliphatic heterocycles. The van der Waals surface area contributed by atoms with Crippen molar-refractivity contribution in [1.82, 2.24) is 10.0 Å². The SMILES string of the molecule is CC(C)NCC(C)S(=O)(=O)NCc1sccc1Br. The molecule has 0 fully saturated rings. The molecule has 0 aliphatic rings. The Morgan fingerprint density at radius 3 is 2.56 bits per heavy atom. The van der Waals surface area contributed by atoms with Gasteiger partial charge >= 0.3 is 0 Å². The van der Waals surface area contributed by atoms with Gasteiger partial charge in [0.05, 0.1) is 5.25 Å². The molecule has 0 bridgehead atoms. The van der Waals surface area contributed by atoms with Gasteiger partial charge in [-0.15, -0.1) is 11.3 Å². The molecular weight excluding hydrogens is 336 g/mol. The van der Waals surface area contributed by atoms with E-state index in [1.54, 1.807) is 6.92 Å². The summed E-state index contributed by atoms with van der Waals surface area (Å²) in [6.45, 7) is 6.50. The fraction of sp³-hybridized carbons (Fsp3) is 0.636. The summed E-state index contributed by atoms with van der Waals surface area (Å²) in [5.41, 5.74) is 0. The Morgan fingerprint density at radius 1 is 1.39 bits per heavy atom. The van der Waals surface area contributed by atoms with Crippen LogP contribution in [-0.2, 0) is 16.6 Å². The fourth-order valence-electron chi connectivity index (χ4n) is 1.27. The number of nitrogens with one attached hydrogen (secondary N) is 2. The number of hydrogen-bond donors (Lipinski definition) is 2. The van der Waals surface area contributed by atoms with E-state index in [1.807, 2.05) is 25.3 Å². The minimum Gasteiger partial charge on any atom is -0.313 e. The normalized spacial score (nSPS) is 14.1. The van der Waals surface area contributed by atoms with Crippen LogP contribution < -0.4 is 10.0 Å². The van der Waals surface area contributed by atoms with Gasteiger partial charge in [0, 0.05) is 28.5 Å². The van der Waals surface area contributed by atoms with Crippen LogP contribution in [0.25, 0.3) is 0 Å². The van der Waals surface area contributed by atoms with Crippen LogP contribution in [-0.4, -0.2) is 26.3 Å². The second-order valence-corrected chi connectivity index (χ2v) is 8.47. The van der Waals surface area contributed by atoms with E-state index in [0.717, 1.165) is 9.35 Å². The molecule has 0 aromatic carbocycles. The lowest BCUT2D eigenvalue weighted by atomic mass is 10.3. The van der Waals surface area contributed by atoms with E-state index in [-0.39, 0.29) is 6.04 Å². The van der Waals surface area contributed by atoms with Crippen molar-refractivity contribution < 1.29 is 8.42 Å². The largest absolute Gasteiger partial charge is 0.313 e. The predicted molar refractivity (Wildman–Crippen MR) is 80.4 cm³/mol. The molecule has 0 spiro atoms. The lowest BCUT2D eigenvalue weighted by molar-refractivity contribution is 0.540. The lowest BCUT2D eigenvalue weighted by Crippen LogP contribution is -2.40. The monoisotopic (exact) mass is 354 g/mol. The van der Waals surface area contributed by atoms with Crippen LogP contribution in [0.5, 0.6) is 0 Å². The maximum Gasteiger partial charge on any atom is 0.215 e. The van der Waals surface area contributed by atoms with Gasteiger partial charge in [-0.1, -0.05) is 13.8 Å². The number of rotatable bonds is 7. The summed E-state index contributed by atoms with van der Waals surface area (Å²) < 4.78 is 27.6. The Labute approximate surface area is 121 Å². The van der Waals surface area contributed by atoms with Gasteiger partial charge in [0.25, 0.3) is 0 Å². The van der Waals surface area contributed by atoms with Gasteiger partial charge in [-0.05, 0) is 34.3 Å². The Balaban J connectivity index is 2.51. The van der Waals surface area contributed by atoms with Gasteiger partial charge in [0.2, 0.25) is 10.0 Å². The molecule has 4 nitrogen and oxygen atoms in total. The van der Waals surface area contributed by atoms with Crippen molar-refractivity contribution in [3.05, 3.63) is 20.8 Å². The van der Waals surface area contributed by atoms with E-state index in [1.165, 1.54) is 11.3 Å². The average molecular weight is 355 g/mol. The standard InChI is InChI=1S/C11H19BrN2O2S2/c1-8(2)13-6-9(3)18(15,16)14-7-11-10(12)4-5-17-11/h4-5,8-9,13-14H,6-7H2,1-3H3. The molecule has 1 unspecified atom stereocenters. The van der Waals surface area contributed by atoms with E-state index in [9.17, 15) is 8.42 Å². The average Bonchev–Trinajstić information content (AvgIpc) is 2.69. The topological polar surface area (TPSA) is 58.2 Å². The zero-order valence-corrected chi connectivity index (χ0v) is 14.0. The molecule has 1 heterocycles. The van der Waals surface area contributed by atoms with Crippen molar-refractivity contribution in [2.24, 2.45) is 0 Å². The van der Waals surface area contributed by atoms with Crippen molar-refractivity contribution in [1.29, 1.82) is 0 Å². The van der Waals surface area contributed by atoms with E-state index in [0.29, 0.717) is 13.1 Å². The smallest absolute Gasteiger partial charge is 0.215 e. The first-order valence-corrected chi connectivity index (χ1v) is 8.98. The molecule has 2 N–H and O–H groups in total. The Morgan fingerprint density at radius 2 is 2.06 bits per heavy atom. The van der Waals surface area contributed by atoms with Crippen molar-refractivity contribution in [2.45, 2.75) is 38.6 Å². The molecule has 1 atom stereocenters. The number of thiophene rings is 1. The molecule has 0 amide bonds. The summed E-state index contributed by atoms with van der Waals surface area (Å²) in [7, 11) is -3.28. The van der Waals surface area contributed by atoms with Crippen LogP contribution >= 0.6 is 27.3 Å². The quantitative estimate of drug-likeness (QED) is 0.789. The van der Waals surface area contributed by atoms with Crippen LogP contribution in [0.4, 0.5) is 0 Å². The van der Waals surface area contributed by atoms with Gasteiger partial charge in [-0.2, -0.15) is 0 Å². The summed E-state index contributed by atoms with van der Waals surface area (Å²) in [5.74, 6) is 0. The third-order valence-corrected chi connectivity index (χ3v) is 6.17. The molecule has 104 valence electrons. The number of halogens is 1. The molecule has 0 saturated carbocycles. The van der Waals surface area contributed by atoms with Crippen LogP contribution in [0.2, 0.25) is 0 Å². The van der Waals surface area contributed by atoms with Crippen molar-refractivity contribution >= 4 is 37.3 Å². The third kappa shape index (κ3) is 4.97. The van der Waals surface area contributed by atoms with Crippen molar-refractivity contribution in [3.63, 3.8) is 0 Å². The van der Waals surface area contributed by atoms with Gasteiger partial charge in [-0.25, -0.2) is 13.1 Å². The van der Waals surface area contributed by atoms with Crippen LogP contribution in [0, 0.1) is 0 Å². The van der Waals surface area contributed by atoms with Gasteiger partial charge in [-0.3, -0.25) is 0 Å². The molecule has 1 aromatic rings. The molecule has 18 heavy (non-hydrogen) atoms. The highest BCUT2D eigenvalue weighted by Gasteiger charge is 2.20. The predicted octanol–water partition coefficient (Wildman–Crippen LogP) is 2.32. The minimum atomic E-state index is -3.28. The van der Waals surface area contributed by atoms with E-state index < -0.39 is 15.3 Å². The van der Waals surface area contributed by atoms with Crippen LogP contribution in [0.3, 0.4) is 0 Å². The van der Waals surface area contributed by atoms with E-state index in [2.05, 4.69) is 26.0 Å². The Kier molecular flexibility index (Phi) is 6.26. The van der Waals surface area contributed by atoms with Gasteiger partial charge in [0.15, 0.2) is 0 Å². The van der Waals surface area contributed by atoms with Crippen LogP contribution in [0.1, 0.15) is 25.6 Å².